The minimum absolute atomic E-state index is 0.00186. The van der Waals surface area contributed by atoms with Crippen molar-refractivity contribution in [2.75, 3.05) is 59.3 Å². The molecule has 0 bridgehead atoms. The number of thiazole rings is 1. The fourth-order valence-electron chi connectivity index (χ4n) is 9.49. The first-order valence-electron chi connectivity index (χ1n) is 28.3. The van der Waals surface area contributed by atoms with E-state index >= 15 is 0 Å². The second kappa shape index (κ2) is 32.3. The van der Waals surface area contributed by atoms with E-state index in [-0.39, 0.29) is 96.3 Å². The molecule has 7 rings (SSSR count). The molecule has 86 heavy (non-hydrogen) atoms. The summed E-state index contributed by atoms with van der Waals surface area (Å²) in [7, 11) is 0. The fourth-order valence-corrected chi connectivity index (χ4v) is 11.6. The number of nitrogens with two attached hydrogens (primary N) is 1. The molecule has 0 spiro atoms. The lowest BCUT2D eigenvalue weighted by Gasteiger charge is -2.35. The molecule has 0 radical (unpaired) electrons. The van der Waals surface area contributed by atoms with Gasteiger partial charge in [0.25, 0.3) is 0 Å². The van der Waals surface area contributed by atoms with Crippen molar-refractivity contribution in [3.63, 3.8) is 0 Å². The number of aryl methyl sites for hydroxylation is 3. The van der Waals surface area contributed by atoms with Gasteiger partial charge in [0.15, 0.2) is 5.82 Å². The molecule has 1 fully saturated rings. The summed E-state index contributed by atoms with van der Waals surface area (Å²) in [6.07, 6.45) is -0.909. The molecular weight excluding hydrogens is 1180 g/mol. The van der Waals surface area contributed by atoms with Crippen LogP contribution in [-0.2, 0) is 54.3 Å². The van der Waals surface area contributed by atoms with Crippen LogP contribution in [0.3, 0.4) is 0 Å². The average Bonchev–Trinajstić information content (AvgIpc) is 1.66. The predicted molar refractivity (Wildman–Crippen MR) is 319 cm³/mol. The largest absolute Gasteiger partial charge is 0.490 e. The molecule has 468 valence electrons. The van der Waals surface area contributed by atoms with Crippen molar-refractivity contribution < 1.29 is 66.0 Å². The first-order chi connectivity index (χ1) is 40.9. The number of carbonyl (C=O) groups excluding carboxylic acids is 5. The van der Waals surface area contributed by atoms with E-state index in [0.717, 1.165) is 79.7 Å². The summed E-state index contributed by atoms with van der Waals surface area (Å²) in [6.45, 7) is 15.4. The van der Waals surface area contributed by atoms with Gasteiger partial charge in [-0.2, -0.15) is 13.2 Å². The lowest BCUT2D eigenvalue weighted by molar-refractivity contribution is -0.192. The maximum Gasteiger partial charge on any atom is 0.490 e. The highest BCUT2D eigenvalue weighted by Gasteiger charge is 2.46. The van der Waals surface area contributed by atoms with Gasteiger partial charge < -0.3 is 50.6 Å². The summed E-state index contributed by atoms with van der Waals surface area (Å²) in [5.41, 5.74) is 13.3. The number of unbranched alkanes of at least 4 members (excludes halogenated alkanes) is 4. The van der Waals surface area contributed by atoms with Gasteiger partial charge in [0.1, 0.15) is 41.7 Å². The number of carbonyl (C=O) groups is 6. The van der Waals surface area contributed by atoms with Gasteiger partial charge in [-0.3, -0.25) is 33.5 Å². The van der Waals surface area contributed by atoms with Crippen LogP contribution in [0.15, 0.2) is 59.0 Å². The van der Waals surface area contributed by atoms with Crippen LogP contribution in [-0.4, -0.2) is 155 Å². The van der Waals surface area contributed by atoms with Crippen LogP contribution in [0, 0.1) is 33.1 Å². The van der Waals surface area contributed by atoms with Crippen molar-refractivity contribution in [1.29, 1.82) is 0 Å². The number of fused-ring (bicyclic) bond motifs is 3. The minimum Gasteiger partial charge on any atom is -0.475 e. The molecule has 1 saturated heterocycles. The molecular formula is C59H76ClF3N10O11S2. The maximum atomic E-state index is 14.5. The quantitative estimate of drug-likeness (QED) is 0.0234. The standard InChI is InChI=1S/C57H75ClN10O9S2.C2HF3O2/c1-35-37(3)79-56-49(35)50(40-18-20-42(58)21-19-40)63-44(53-66-65-38(4)68(53)56)30-46(69)60-23-24-74-25-26-75-27-28-76-33-47(70)64-52(57(5,6)7)55(73)67-32-43(77-48(71)13-11-9-8-10-12-22-59)29-45(67)54(72)61-31-39-14-16-41(17-15-39)51-36(2)62-34-78-51;3-2(4,5)1(6)7/h14-21,34,43-45,52H,8-13,22-33,59H2,1-7H3,(H,60,69)(H,61,72)(H,64,70);(H,6,7)/t43-,44+,45+,52-;/m1./s1. The highest BCUT2D eigenvalue weighted by atomic mass is 35.5. The first-order valence-corrected chi connectivity index (χ1v) is 30.4. The number of hydrogen-bond acceptors (Lipinski definition) is 17. The van der Waals surface area contributed by atoms with E-state index in [4.69, 9.17) is 51.2 Å². The SMILES string of the molecule is Cc1ncsc1-c1ccc(CNC(=O)[C@@H]2C[C@@H](OC(=O)CCCCCCCN)CN2C(=O)[C@@H](NC(=O)COCCOCCOCCNC(=O)C[C@@H]2N=C(c3ccc(Cl)cc3)c3c(sc(C)c3C)-n3c(C)nnc32)C(C)(C)C)cc1.O=C(O)C(F)(F)F. The zero-order valence-corrected chi connectivity index (χ0v) is 51.7. The monoisotopic (exact) mass is 1260 g/mol. The van der Waals surface area contributed by atoms with E-state index in [1.54, 1.807) is 22.7 Å². The number of nitrogens with one attached hydrogen (secondary N) is 3. The van der Waals surface area contributed by atoms with Crippen molar-refractivity contribution in [2.45, 2.75) is 137 Å². The summed E-state index contributed by atoms with van der Waals surface area (Å²) in [5, 5.41) is 26.3. The highest BCUT2D eigenvalue weighted by Crippen LogP contribution is 2.40. The zero-order valence-electron chi connectivity index (χ0n) is 49.4. The van der Waals surface area contributed by atoms with Gasteiger partial charge in [-0.05, 0) is 81.3 Å². The summed E-state index contributed by atoms with van der Waals surface area (Å²) in [4.78, 5) is 90.2. The molecule has 0 aliphatic carbocycles. The predicted octanol–water partition coefficient (Wildman–Crippen LogP) is 8.08. The van der Waals surface area contributed by atoms with Crippen LogP contribution >= 0.6 is 34.3 Å². The number of amides is 4. The third kappa shape index (κ3) is 19.7. The lowest BCUT2D eigenvalue weighted by atomic mass is 9.85. The molecule has 2 aliphatic rings. The van der Waals surface area contributed by atoms with Gasteiger partial charge >= 0.3 is 18.1 Å². The Bertz CT molecular complexity index is 3130. The normalized spacial score (nSPS) is 16.0. The average molecular weight is 1260 g/mol. The number of halogens is 4. The Morgan fingerprint density at radius 3 is 2.12 bits per heavy atom. The number of carboxylic acid groups (broad SMARTS) is 1. The van der Waals surface area contributed by atoms with Crippen molar-refractivity contribution in [1.82, 2.24) is 40.6 Å². The third-order valence-corrected chi connectivity index (χ3v) is 16.5. The van der Waals surface area contributed by atoms with E-state index in [2.05, 4.69) is 45.0 Å². The molecule has 27 heteroatoms. The number of likely N-dealkylation sites (tertiary alicyclic amines) is 1. The summed E-state index contributed by atoms with van der Waals surface area (Å²) in [6, 6.07) is 12.8. The number of aliphatic carboxylic acids is 1. The van der Waals surface area contributed by atoms with Crippen molar-refractivity contribution in [3.05, 3.63) is 104 Å². The van der Waals surface area contributed by atoms with Gasteiger partial charge in [0.2, 0.25) is 23.6 Å². The molecule has 0 saturated carbocycles. The van der Waals surface area contributed by atoms with Gasteiger partial charge in [-0.25, -0.2) is 9.78 Å². The van der Waals surface area contributed by atoms with Gasteiger partial charge in [-0.15, -0.1) is 32.9 Å². The van der Waals surface area contributed by atoms with Gasteiger partial charge in [0, 0.05) is 47.0 Å². The second-order valence-electron chi connectivity index (χ2n) is 21.7. The number of carboxylic acids is 1. The van der Waals surface area contributed by atoms with Crippen LogP contribution in [0.1, 0.15) is 123 Å². The summed E-state index contributed by atoms with van der Waals surface area (Å²) >= 11 is 9.46. The first kappa shape index (κ1) is 68.4. The summed E-state index contributed by atoms with van der Waals surface area (Å²) < 4.78 is 56.6. The number of esters is 1. The number of hydrogen-bond donors (Lipinski definition) is 5. The maximum absolute atomic E-state index is 14.5. The van der Waals surface area contributed by atoms with Crippen LogP contribution in [0.4, 0.5) is 13.2 Å². The van der Waals surface area contributed by atoms with Gasteiger partial charge in [0.05, 0.1) is 67.8 Å². The van der Waals surface area contributed by atoms with E-state index in [1.165, 1.54) is 4.90 Å². The second-order valence-corrected chi connectivity index (χ2v) is 24.2. The lowest BCUT2D eigenvalue weighted by Crippen LogP contribution is -2.58. The Morgan fingerprint density at radius 2 is 1.48 bits per heavy atom. The minimum atomic E-state index is -5.08. The van der Waals surface area contributed by atoms with E-state index in [0.29, 0.717) is 29.6 Å². The Balaban J connectivity index is 0.00000159. The van der Waals surface area contributed by atoms with Crippen LogP contribution < -0.4 is 21.7 Å². The Morgan fingerprint density at radius 1 is 0.837 bits per heavy atom. The molecule has 6 N–H and O–H groups in total. The number of nitrogens with zero attached hydrogens (tertiary/aromatic N) is 6. The Labute approximate surface area is 511 Å². The molecule has 0 unspecified atom stereocenters. The van der Waals surface area contributed by atoms with Crippen molar-refractivity contribution in [3.8, 4) is 15.4 Å². The third-order valence-electron chi connectivity index (χ3n) is 14.1. The van der Waals surface area contributed by atoms with Gasteiger partial charge in [-0.1, -0.05) is 88.0 Å². The molecule has 21 nitrogen and oxygen atoms in total. The van der Waals surface area contributed by atoms with Crippen molar-refractivity contribution in [2.24, 2.45) is 16.1 Å². The van der Waals surface area contributed by atoms with Crippen LogP contribution in [0.2, 0.25) is 5.02 Å². The van der Waals surface area contributed by atoms with Crippen LogP contribution in [0.5, 0.6) is 0 Å². The Kier molecular flexibility index (Phi) is 25.7. The molecule has 2 aromatic carbocycles. The zero-order chi connectivity index (χ0) is 62.7. The molecule has 2 aliphatic heterocycles. The highest BCUT2D eigenvalue weighted by molar-refractivity contribution is 7.15. The van der Waals surface area contributed by atoms with E-state index in [1.807, 2.05) is 93.2 Å². The molecule has 5 aromatic rings. The molecule has 4 amide bonds. The number of aliphatic imine (C=N–C) groups is 1. The molecule has 3 aromatic heterocycles. The number of benzene rings is 2. The van der Waals surface area contributed by atoms with E-state index in [9.17, 15) is 37.1 Å². The molecule has 5 heterocycles. The van der Waals surface area contributed by atoms with Crippen LogP contribution in [0.25, 0.3) is 15.4 Å². The topological polar surface area (TPSA) is 281 Å². The van der Waals surface area contributed by atoms with E-state index < -0.39 is 53.6 Å². The smallest absolute Gasteiger partial charge is 0.475 e. The number of rotatable bonds is 28. The fraction of sp³-hybridized carbons (Fsp3) is 0.525. The number of thiophene rings is 1. The Hall–Kier alpha value is -6.68. The van der Waals surface area contributed by atoms with Crippen molar-refractivity contribution >= 4 is 75.6 Å². The molecule has 4 atom stereocenters. The number of ether oxygens (including phenoxy) is 4. The summed E-state index contributed by atoms with van der Waals surface area (Å²) in [5.74, 6) is -3.41. The number of alkyl halides is 3. The number of aromatic nitrogens is 4.